The lowest BCUT2D eigenvalue weighted by Gasteiger charge is -2.31. The molecule has 1 N–H and O–H groups in total. The Labute approximate surface area is 111 Å². The molecular formula is C15H26N2O. The van der Waals surface area contributed by atoms with Crippen LogP contribution in [0.5, 0.6) is 5.75 Å². The first-order valence-electron chi connectivity index (χ1n) is 6.86. The number of nitrogens with one attached hydrogen (secondary N) is 1. The minimum atomic E-state index is 0.604. The lowest BCUT2D eigenvalue weighted by molar-refractivity contribution is 0.199. The topological polar surface area (TPSA) is 24.5 Å². The van der Waals surface area contributed by atoms with Gasteiger partial charge in [0.1, 0.15) is 5.75 Å². The second kappa shape index (κ2) is 8.11. The Morgan fingerprint density at radius 1 is 1.28 bits per heavy atom. The van der Waals surface area contributed by atoms with Crippen molar-refractivity contribution in [1.29, 1.82) is 0 Å². The largest absolute Gasteiger partial charge is 0.497 e. The minimum absolute atomic E-state index is 0.604. The average Bonchev–Trinajstić information content (AvgIpc) is 2.42. The van der Waals surface area contributed by atoms with Crippen molar-refractivity contribution in [2.24, 2.45) is 0 Å². The Morgan fingerprint density at radius 2 is 1.94 bits per heavy atom. The highest BCUT2D eigenvalue weighted by molar-refractivity contribution is 5.27. The molecule has 1 aromatic rings. The van der Waals surface area contributed by atoms with Gasteiger partial charge in [0.15, 0.2) is 0 Å². The van der Waals surface area contributed by atoms with Crippen LogP contribution in [0.2, 0.25) is 0 Å². The highest BCUT2D eigenvalue weighted by Crippen LogP contribution is 2.13. The minimum Gasteiger partial charge on any atom is -0.497 e. The summed E-state index contributed by atoms with van der Waals surface area (Å²) in [6.07, 6.45) is 0. The zero-order valence-corrected chi connectivity index (χ0v) is 12.1. The molecule has 1 fully saturated rings. The van der Waals surface area contributed by atoms with Crippen LogP contribution in [0.25, 0.3) is 0 Å². The quantitative estimate of drug-likeness (QED) is 0.892. The molecule has 1 aliphatic rings. The second-order valence-electron chi connectivity index (χ2n) is 4.44. The summed E-state index contributed by atoms with van der Waals surface area (Å²) in [6, 6.07) is 8.95. The van der Waals surface area contributed by atoms with Gasteiger partial charge in [0.2, 0.25) is 0 Å². The van der Waals surface area contributed by atoms with E-state index in [9.17, 15) is 0 Å². The number of rotatable bonds is 3. The van der Waals surface area contributed by atoms with Crippen LogP contribution < -0.4 is 10.1 Å². The van der Waals surface area contributed by atoms with Crippen molar-refractivity contribution in [2.75, 3.05) is 26.7 Å². The van der Waals surface area contributed by atoms with Crippen LogP contribution in [0.3, 0.4) is 0 Å². The van der Waals surface area contributed by atoms with Crippen molar-refractivity contribution >= 4 is 0 Å². The Hall–Kier alpha value is -1.06. The molecule has 1 aliphatic heterocycles. The molecule has 1 heterocycles. The van der Waals surface area contributed by atoms with E-state index < -0.39 is 0 Å². The van der Waals surface area contributed by atoms with Crippen LogP contribution in [0.15, 0.2) is 24.3 Å². The molecule has 1 aromatic carbocycles. The maximum Gasteiger partial charge on any atom is 0.118 e. The van der Waals surface area contributed by atoms with E-state index in [-0.39, 0.29) is 0 Å². The van der Waals surface area contributed by atoms with Crippen LogP contribution in [0, 0.1) is 0 Å². The molecular weight excluding hydrogens is 224 g/mol. The van der Waals surface area contributed by atoms with Crippen LogP contribution in [-0.4, -0.2) is 37.7 Å². The summed E-state index contributed by atoms with van der Waals surface area (Å²) < 4.78 is 5.15. The number of methoxy groups -OCH3 is 1. The smallest absolute Gasteiger partial charge is 0.118 e. The van der Waals surface area contributed by atoms with Gasteiger partial charge in [-0.1, -0.05) is 26.0 Å². The first-order chi connectivity index (χ1) is 8.78. The van der Waals surface area contributed by atoms with Gasteiger partial charge in [-0.2, -0.15) is 0 Å². The zero-order valence-electron chi connectivity index (χ0n) is 12.1. The Bertz CT molecular complexity index is 324. The van der Waals surface area contributed by atoms with E-state index in [1.165, 1.54) is 5.56 Å². The van der Waals surface area contributed by atoms with Gasteiger partial charge < -0.3 is 10.1 Å². The predicted molar refractivity (Wildman–Crippen MR) is 77.1 cm³/mol. The molecule has 0 radical (unpaired) electrons. The molecule has 1 unspecified atom stereocenters. The average molecular weight is 250 g/mol. The summed E-state index contributed by atoms with van der Waals surface area (Å²) in [7, 11) is 1.70. The van der Waals surface area contributed by atoms with Crippen molar-refractivity contribution in [3.63, 3.8) is 0 Å². The van der Waals surface area contributed by atoms with Crippen molar-refractivity contribution in [2.45, 2.75) is 33.4 Å². The van der Waals surface area contributed by atoms with Gasteiger partial charge in [-0.05, 0) is 24.6 Å². The summed E-state index contributed by atoms with van der Waals surface area (Å²) in [5.74, 6) is 0.928. The molecule has 3 nitrogen and oxygen atoms in total. The summed E-state index contributed by atoms with van der Waals surface area (Å²) in [4.78, 5) is 2.49. The van der Waals surface area contributed by atoms with Gasteiger partial charge in [0.05, 0.1) is 7.11 Å². The molecule has 0 spiro atoms. The highest BCUT2D eigenvalue weighted by Gasteiger charge is 2.15. The van der Waals surface area contributed by atoms with Crippen molar-refractivity contribution in [3.05, 3.63) is 29.8 Å². The van der Waals surface area contributed by atoms with Crippen LogP contribution >= 0.6 is 0 Å². The summed E-state index contributed by atoms with van der Waals surface area (Å²) in [6.45, 7) is 10.6. The molecule has 0 saturated carbocycles. The Balaban J connectivity index is 0.000000771. The molecule has 3 heteroatoms. The fourth-order valence-electron chi connectivity index (χ4n) is 2.14. The van der Waals surface area contributed by atoms with Crippen LogP contribution in [0.4, 0.5) is 0 Å². The molecule has 1 saturated heterocycles. The number of hydrogen-bond donors (Lipinski definition) is 1. The molecule has 102 valence electrons. The lowest BCUT2D eigenvalue weighted by Crippen LogP contribution is -2.48. The van der Waals surface area contributed by atoms with Gasteiger partial charge in [0.25, 0.3) is 0 Å². The second-order valence-corrected chi connectivity index (χ2v) is 4.44. The Kier molecular flexibility index (Phi) is 6.76. The monoisotopic (exact) mass is 250 g/mol. The maximum atomic E-state index is 5.15. The van der Waals surface area contributed by atoms with Gasteiger partial charge in [-0.25, -0.2) is 0 Å². The number of ether oxygens (including phenoxy) is 1. The highest BCUT2D eigenvalue weighted by atomic mass is 16.5. The van der Waals surface area contributed by atoms with E-state index in [4.69, 9.17) is 4.74 Å². The molecule has 0 aromatic heterocycles. The van der Waals surface area contributed by atoms with Crippen molar-refractivity contribution in [1.82, 2.24) is 10.2 Å². The van der Waals surface area contributed by atoms with E-state index in [0.29, 0.717) is 6.04 Å². The number of piperazine rings is 1. The van der Waals surface area contributed by atoms with E-state index in [1.807, 2.05) is 26.0 Å². The van der Waals surface area contributed by atoms with E-state index >= 15 is 0 Å². The van der Waals surface area contributed by atoms with Crippen molar-refractivity contribution in [3.8, 4) is 5.75 Å². The predicted octanol–water partition coefficient (Wildman–Crippen LogP) is 2.52. The van der Waals surface area contributed by atoms with E-state index in [2.05, 4.69) is 29.3 Å². The van der Waals surface area contributed by atoms with E-state index in [1.54, 1.807) is 7.11 Å². The number of benzene rings is 1. The standard InChI is InChI=1S/C13H20N2O.C2H6/c1-11-9-15(8-7-14-11)10-12-3-5-13(16-2)6-4-12;1-2/h3-6,11,14H,7-10H2,1-2H3;1-2H3. The molecule has 0 aliphatic carbocycles. The Morgan fingerprint density at radius 3 is 2.50 bits per heavy atom. The molecule has 2 rings (SSSR count). The molecule has 1 atom stereocenters. The van der Waals surface area contributed by atoms with Crippen molar-refractivity contribution < 1.29 is 4.74 Å². The lowest BCUT2D eigenvalue weighted by atomic mass is 10.1. The maximum absolute atomic E-state index is 5.15. The van der Waals surface area contributed by atoms with Gasteiger partial charge in [0, 0.05) is 32.2 Å². The third kappa shape index (κ3) is 4.67. The molecule has 18 heavy (non-hydrogen) atoms. The SMILES string of the molecule is CC.COc1ccc(CN2CCNC(C)C2)cc1. The normalized spacial score (nSPS) is 19.9. The zero-order chi connectivity index (χ0) is 13.4. The molecule has 0 bridgehead atoms. The van der Waals surface area contributed by atoms with Gasteiger partial charge in [-0.3, -0.25) is 4.90 Å². The number of nitrogens with zero attached hydrogens (tertiary/aromatic N) is 1. The third-order valence-corrected chi connectivity index (χ3v) is 3.02. The molecule has 0 amide bonds. The van der Waals surface area contributed by atoms with Crippen LogP contribution in [-0.2, 0) is 6.54 Å². The summed E-state index contributed by atoms with van der Waals surface area (Å²) in [5.41, 5.74) is 1.36. The fourth-order valence-corrected chi connectivity index (χ4v) is 2.14. The first-order valence-corrected chi connectivity index (χ1v) is 6.86. The van der Waals surface area contributed by atoms with Gasteiger partial charge in [-0.15, -0.1) is 0 Å². The van der Waals surface area contributed by atoms with E-state index in [0.717, 1.165) is 31.9 Å². The third-order valence-electron chi connectivity index (χ3n) is 3.02. The summed E-state index contributed by atoms with van der Waals surface area (Å²) in [5, 5.41) is 3.45. The number of hydrogen-bond acceptors (Lipinski definition) is 3. The summed E-state index contributed by atoms with van der Waals surface area (Å²) >= 11 is 0. The van der Waals surface area contributed by atoms with Gasteiger partial charge >= 0.3 is 0 Å². The van der Waals surface area contributed by atoms with Crippen LogP contribution in [0.1, 0.15) is 26.3 Å². The fraction of sp³-hybridized carbons (Fsp3) is 0.600. The first kappa shape index (κ1) is 15.0.